The highest BCUT2D eigenvalue weighted by Crippen LogP contribution is 2.46. The Bertz CT molecular complexity index is 1450. The Morgan fingerprint density at radius 1 is 1.14 bits per heavy atom. The topological polar surface area (TPSA) is 98.3 Å². The summed E-state index contributed by atoms with van der Waals surface area (Å²) < 4.78 is 14.2. The van der Waals surface area contributed by atoms with E-state index in [0.717, 1.165) is 83.4 Å². The van der Waals surface area contributed by atoms with Crippen LogP contribution in [-0.2, 0) is 4.79 Å². The molecule has 2 fully saturated rings. The molecule has 1 amide bonds. The summed E-state index contributed by atoms with van der Waals surface area (Å²) in [7, 11) is 0. The molecular weight excluding hydrogens is 456 g/mol. The lowest BCUT2D eigenvalue weighted by atomic mass is 10.0. The van der Waals surface area contributed by atoms with Gasteiger partial charge in [-0.1, -0.05) is 11.2 Å². The summed E-state index contributed by atoms with van der Waals surface area (Å²) in [6, 6.07) is 10.1. The van der Waals surface area contributed by atoms with Gasteiger partial charge in [0.05, 0.1) is 22.5 Å². The fourth-order valence-corrected chi connectivity index (χ4v) is 5.63. The van der Waals surface area contributed by atoms with Crippen molar-refractivity contribution < 1.29 is 14.1 Å². The molecule has 9 heteroatoms. The number of rotatable bonds is 5. The van der Waals surface area contributed by atoms with Crippen LogP contribution in [0.2, 0.25) is 0 Å². The van der Waals surface area contributed by atoms with E-state index in [1.165, 1.54) is 0 Å². The summed E-state index contributed by atoms with van der Waals surface area (Å²) in [5.74, 6) is 2.86. The molecule has 1 saturated carbocycles. The smallest absolute Gasteiger partial charge is 0.223 e. The highest BCUT2D eigenvalue weighted by atomic mass is 16.5. The maximum atomic E-state index is 12.4. The van der Waals surface area contributed by atoms with Crippen molar-refractivity contribution in [3.05, 3.63) is 53.7 Å². The molecule has 3 aromatic heterocycles. The highest BCUT2D eigenvalue weighted by Gasteiger charge is 2.37. The van der Waals surface area contributed by atoms with E-state index in [0.29, 0.717) is 6.61 Å². The van der Waals surface area contributed by atoms with Crippen LogP contribution < -0.4 is 15.0 Å². The van der Waals surface area contributed by atoms with Crippen molar-refractivity contribution in [3.63, 3.8) is 0 Å². The minimum Gasteiger partial charge on any atom is -0.488 e. The lowest BCUT2D eigenvalue weighted by Gasteiger charge is -2.30. The van der Waals surface area contributed by atoms with Gasteiger partial charge in [-0.15, -0.1) is 0 Å². The summed E-state index contributed by atoms with van der Waals surface area (Å²) in [5.41, 5.74) is 5.52. The van der Waals surface area contributed by atoms with Crippen LogP contribution >= 0.6 is 0 Å². The Hall–Kier alpha value is -3.88. The maximum absolute atomic E-state index is 12.4. The van der Waals surface area contributed by atoms with Crippen LogP contribution in [0.5, 0.6) is 5.75 Å². The van der Waals surface area contributed by atoms with Crippen LogP contribution in [0.3, 0.4) is 0 Å². The summed E-state index contributed by atoms with van der Waals surface area (Å²) in [6.45, 7) is 5.89. The van der Waals surface area contributed by atoms with Crippen molar-refractivity contribution in [2.45, 2.75) is 45.2 Å². The first kappa shape index (κ1) is 21.4. The number of amides is 1. The van der Waals surface area contributed by atoms with Gasteiger partial charge in [0.15, 0.2) is 5.75 Å². The number of hydrogen-bond donors (Lipinski definition) is 1. The molecule has 7 rings (SSSR count). The number of pyridine rings is 1. The second-order valence-electron chi connectivity index (χ2n) is 10.1. The van der Waals surface area contributed by atoms with Crippen molar-refractivity contribution in [1.82, 2.24) is 25.0 Å². The average molecular weight is 485 g/mol. The standard InChI is InChI=1S/C27H28N6O3/c1-15-23(16(2)36-31-15)19-8-9-21-24-25(19)35-14-22(20-5-3-4-11-28-20)33(24)27(30-21)32-12-10-18(13-32)29-26(34)17-6-7-17/h3-5,8-9,11,17-18,22H,6-7,10,12-14H2,1-2H3,(H,29,34)/t18-,22-/m1/s1. The Balaban J connectivity index is 1.35. The number of aryl methyl sites for hydroxylation is 2. The molecule has 0 radical (unpaired) electrons. The number of anilines is 1. The molecule has 9 nitrogen and oxygen atoms in total. The van der Waals surface area contributed by atoms with Crippen LogP contribution in [-0.4, -0.2) is 51.3 Å². The number of aromatic nitrogens is 4. The molecule has 1 aromatic carbocycles. The van der Waals surface area contributed by atoms with Gasteiger partial charge in [-0.05, 0) is 57.4 Å². The molecule has 0 unspecified atom stereocenters. The van der Waals surface area contributed by atoms with Gasteiger partial charge in [0, 0.05) is 36.8 Å². The number of carbonyl (C=O) groups excluding carboxylic acids is 1. The third kappa shape index (κ3) is 3.37. The Morgan fingerprint density at radius 3 is 2.78 bits per heavy atom. The first-order valence-corrected chi connectivity index (χ1v) is 12.7. The number of benzene rings is 1. The maximum Gasteiger partial charge on any atom is 0.223 e. The van der Waals surface area contributed by atoms with Gasteiger partial charge < -0.3 is 19.5 Å². The summed E-state index contributed by atoms with van der Waals surface area (Å²) >= 11 is 0. The van der Waals surface area contributed by atoms with Gasteiger partial charge in [0.1, 0.15) is 23.9 Å². The number of nitrogens with one attached hydrogen (secondary N) is 1. The Kier molecular flexibility index (Phi) is 4.80. The molecule has 36 heavy (non-hydrogen) atoms. The van der Waals surface area contributed by atoms with E-state index in [2.05, 4.69) is 31.0 Å². The minimum absolute atomic E-state index is 0.112. The van der Waals surface area contributed by atoms with E-state index in [1.807, 2.05) is 44.3 Å². The zero-order chi connectivity index (χ0) is 24.4. The highest BCUT2D eigenvalue weighted by molar-refractivity contribution is 5.94. The molecule has 2 aliphatic heterocycles. The molecular formula is C27H28N6O3. The van der Waals surface area contributed by atoms with Gasteiger partial charge in [-0.3, -0.25) is 14.3 Å². The molecule has 1 saturated heterocycles. The zero-order valence-electron chi connectivity index (χ0n) is 20.4. The molecule has 5 heterocycles. The van der Waals surface area contributed by atoms with Crippen LogP contribution in [0.4, 0.5) is 5.95 Å². The van der Waals surface area contributed by atoms with Crippen molar-refractivity contribution >= 4 is 22.9 Å². The average Bonchev–Trinajstić information content (AvgIpc) is 3.41. The number of imidazole rings is 1. The van der Waals surface area contributed by atoms with Crippen LogP contribution in [0.25, 0.3) is 22.2 Å². The molecule has 184 valence electrons. The lowest BCUT2D eigenvalue weighted by Crippen LogP contribution is -2.38. The minimum atomic E-state index is -0.112. The van der Waals surface area contributed by atoms with Gasteiger partial charge in [0.25, 0.3) is 0 Å². The van der Waals surface area contributed by atoms with Crippen LogP contribution in [0, 0.1) is 19.8 Å². The largest absolute Gasteiger partial charge is 0.488 e. The van der Waals surface area contributed by atoms with Crippen molar-refractivity contribution in [2.75, 3.05) is 24.6 Å². The predicted molar refractivity (Wildman–Crippen MR) is 134 cm³/mol. The third-order valence-corrected chi connectivity index (χ3v) is 7.58. The Labute approximate surface area is 208 Å². The second kappa shape index (κ2) is 8.08. The first-order valence-electron chi connectivity index (χ1n) is 12.7. The van der Waals surface area contributed by atoms with E-state index in [9.17, 15) is 4.79 Å². The monoisotopic (exact) mass is 484 g/mol. The normalized spacial score (nSPS) is 21.1. The SMILES string of the molecule is Cc1noc(C)c1-c1ccc2nc(N3CC[C@@H](NC(=O)C4CC4)C3)n3c2c1OC[C@@H]3c1ccccn1. The number of hydrogen-bond acceptors (Lipinski definition) is 7. The van der Waals surface area contributed by atoms with E-state index in [1.54, 1.807) is 0 Å². The molecule has 1 aliphatic carbocycles. The molecule has 1 N–H and O–H groups in total. The fourth-order valence-electron chi connectivity index (χ4n) is 5.63. The molecule has 0 spiro atoms. The van der Waals surface area contributed by atoms with E-state index >= 15 is 0 Å². The lowest BCUT2D eigenvalue weighted by molar-refractivity contribution is -0.122. The fraction of sp³-hybridized carbons (Fsp3) is 0.407. The number of carbonyl (C=O) groups is 1. The van der Waals surface area contributed by atoms with Crippen molar-refractivity contribution in [2.24, 2.45) is 5.92 Å². The van der Waals surface area contributed by atoms with Crippen LogP contribution in [0.15, 0.2) is 41.1 Å². The predicted octanol–water partition coefficient (Wildman–Crippen LogP) is 3.79. The number of ether oxygens (including phenoxy) is 1. The molecule has 3 aliphatic rings. The van der Waals surface area contributed by atoms with Gasteiger partial charge in [-0.2, -0.15) is 0 Å². The third-order valence-electron chi connectivity index (χ3n) is 7.58. The van der Waals surface area contributed by atoms with Gasteiger partial charge in [-0.25, -0.2) is 4.98 Å². The quantitative estimate of drug-likeness (QED) is 0.460. The van der Waals surface area contributed by atoms with E-state index in [4.69, 9.17) is 14.2 Å². The van der Waals surface area contributed by atoms with Crippen LogP contribution in [0.1, 0.15) is 42.5 Å². The summed E-state index contributed by atoms with van der Waals surface area (Å²) in [4.78, 5) is 24.4. The molecule has 2 atom stereocenters. The van der Waals surface area contributed by atoms with Crippen molar-refractivity contribution in [1.29, 1.82) is 0 Å². The summed E-state index contributed by atoms with van der Waals surface area (Å²) in [6.07, 6.45) is 4.75. The zero-order valence-corrected chi connectivity index (χ0v) is 20.4. The van der Waals surface area contributed by atoms with Gasteiger partial charge in [0.2, 0.25) is 11.9 Å². The van der Waals surface area contributed by atoms with E-state index < -0.39 is 0 Å². The molecule has 0 bridgehead atoms. The van der Waals surface area contributed by atoms with Gasteiger partial charge >= 0.3 is 0 Å². The van der Waals surface area contributed by atoms with E-state index in [-0.39, 0.29) is 23.9 Å². The molecule has 4 aromatic rings. The second-order valence-corrected chi connectivity index (χ2v) is 10.1. The number of nitrogens with zero attached hydrogens (tertiary/aromatic N) is 5. The summed E-state index contributed by atoms with van der Waals surface area (Å²) in [5, 5.41) is 7.41. The van der Waals surface area contributed by atoms with Crippen molar-refractivity contribution in [3.8, 4) is 16.9 Å². The Morgan fingerprint density at radius 2 is 2.03 bits per heavy atom. The first-order chi connectivity index (χ1) is 17.6.